The van der Waals surface area contributed by atoms with Crippen LogP contribution in [-0.2, 0) is 4.74 Å². The normalized spacial score (nSPS) is 29.4. The van der Waals surface area contributed by atoms with Gasteiger partial charge in [-0.15, -0.1) is 0 Å². The summed E-state index contributed by atoms with van der Waals surface area (Å²) >= 11 is 0. The summed E-state index contributed by atoms with van der Waals surface area (Å²) in [7, 11) is 0. The van der Waals surface area contributed by atoms with Crippen LogP contribution in [0.15, 0.2) is 0 Å². The highest BCUT2D eigenvalue weighted by Crippen LogP contribution is 2.16. The van der Waals surface area contributed by atoms with E-state index >= 15 is 0 Å². The van der Waals surface area contributed by atoms with Gasteiger partial charge in [-0.3, -0.25) is 4.90 Å². The maximum atomic E-state index is 9.93. The molecule has 3 heteroatoms. The maximum absolute atomic E-state index is 9.93. The van der Waals surface area contributed by atoms with Crippen molar-refractivity contribution in [2.45, 2.75) is 45.8 Å². The minimum Gasteiger partial charge on any atom is -0.391 e. The lowest BCUT2D eigenvalue weighted by Gasteiger charge is -2.38. The van der Waals surface area contributed by atoms with Crippen molar-refractivity contribution in [3.63, 3.8) is 0 Å². The van der Waals surface area contributed by atoms with Crippen LogP contribution in [-0.4, -0.2) is 48.5 Å². The van der Waals surface area contributed by atoms with E-state index in [1.165, 1.54) is 6.42 Å². The number of likely N-dealkylation sites (N-methyl/N-ethyl adjacent to an activating group) is 1. The maximum Gasteiger partial charge on any atom is 0.0739 e. The molecule has 0 saturated carbocycles. The molecule has 3 nitrogen and oxygen atoms in total. The van der Waals surface area contributed by atoms with Crippen molar-refractivity contribution in [1.82, 2.24) is 4.90 Å². The second-order valence-electron chi connectivity index (χ2n) is 4.60. The van der Waals surface area contributed by atoms with Crippen molar-refractivity contribution in [3.8, 4) is 0 Å². The van der Waals surface area contributed by atoms with Crippen LogP contribution in [0.1, 0.15) is 33.6 Å². The molecule has 3 atom stereocenters. The van der Waals surface area contributed by atoms with E-state index in [0.717, 1.165) is 19.5 Å². The van der Waals surface area contributed by atoms with Crippen LogP contribution in [0.3, 0.4) is 0 Å². The number of nitrogens with zero attached hydrogens (tertiary/aromatic N) is 1. The van der Waals surface area contributed by atoms with Gasteiger partial charge in [-0.25, -0.2) is 0 Å². The van der Waals surface area contributed by atoms with E-state index in [4.69, 9.17) is 4.74 Å². The molecule has 90 valence electrons. The largest absolute Gasteiger partial charge is 0.391 e. The molecule has 0 aromatic carbocycles. The molecule has 0 aliphatic carbocycles. The summed E-state index contributed by atoms with van der Waals surface area (Å²) in [5, 5.41) is 9.93. The topological polar surface area (TPSA) is 32.7 Å². The van der Waals surface area contributed by atoms with Gasteiger partial charge in [0.05, 0.1) is 18.8 Å². The molecule has 0 spiro atoms. The van der Waals surface area contributed by atoms with Gasteiger partial charge in [0.2, 0.25) is 0 Å². The molecule has 0 radical (unpaired) electrons. The van der Waals surface area contributed by atoms with E-state index in [1.54, 1.807) is 0 Å². The van der Waals surface area contributed by atoms with Crippen LogP contribution in [0.2, 0.25) is 0 Å². The highest BCUT2D eigenvalue weighted by Gasteiger charge is 2.28. The lowest BCUT2D eigenvalue weighted by molar-refractivity contribution is -0.0630. The Bertz CT molecular complexity index is 175. The monoisotopic (exact) mass is 215 g/mol. The zero-order valence-corrected chi connectivity index (χ0v) is 10.3. The molecule has 1 rings (SSSR count). The quantitative estimate of drug-likeness (QED) is 0.754. The van der Waals surface area contributed by atoms with Crippen LogP contribution >= 0.6 is 0 Å². The first kappa shape index (κ1) is 12.9. The third kappa shape index (κ3) is 3.74. The predicted octanol–water partition coefficient (Wildman–Crippen LogP) is 1.50. The molecule has 0 aromatic rings. The van der Waals surface area contributed by atoms with Crippen molar-refractivity contribution in [3.05, 3.63) is 0 Å². The number of aliphatic hydroxyl groups excluding tert-OH is 1. The molecule has 1 heterocycles. The Balaban J connectivity index is 2.48. The summed E-state index contributed by atoms with van der Waals surface area (Å²) in [5.41, 5.74) is 0. The van der Waals surface area contributed by atoms with Gasteiger partial charge in [0.15, 0.2) is 0 Å². The van der Waals surface area contributed by atoms with Crippen LogP contribution in [0.4, 0.5) is 0 Å². The minimum absolute atomic E-state index is 0.206. The van der Waals surface area contributed by atoms with Gasteiger partial charge in [-0.05, 0) is 18.9 Å². The summed E-state index contributed by atoms with van der Waals surface area (Å²) in [5.74, 6) is 0.694. The van der Waals surface area contributed by atoms with Gasteiger partial charge in [0, 0.05) is 13.2 Å². The molecule has 3 unspecified atom stereocenters. The average Bonchev–Trinajstić information content (AvgIpc) is 2.26. The van der Waals surface area contributed by atoms with Gasteiger partial charge in [0.25, 0.3) is 0 Å². The molecular formula is C12H25NO2. The summed E-state index contributed by atoms with van der Waals surface area (Å²) in [6.45, 7) is 10.1. The number of rotatable bonds is 5. The fraction of sp³-hybridized carbons (Fsp3) is 1.00. The van der Waals surface area contributed by atoms with Crippen LogP contribution in [0, 0.1) is 5.92 Å². The highest BCUT2D eigenvalue weighted by atomic mass is 16.5. The predicted molar refractivity (Wildman–Crippen MR) is 61.9 cm³/mol. The van der Waals surface area contributed by atoms with Crippen molar-refractivity contribution < 1.29 is 9.84 Å². The van der Waals surface area contributed by atoms with E-state index in [9.17, 15) is 5.11 Å². The van der Waals surface area contributed by atoms with E-state index in [2.05, 4.69) is 25.7 Å². The first-order valence-corrected chi connectivity index (χ1v) is 6.18. The minimum atomic E-state index is -0.206. The SMILES string of the molecule is CCC(C)CN(CC)C1COCCC1O. The Morgan fingerprint density at radius 3 is 2.73 bits per heavy atom. The van der Waals surface area contributed by atoms with E-state index < -0.39 is 0 Å². The molecule has 1 N–H and O–H groups in total. The Labute approximate surface area is 93.4 Å². The molecule has 1 fully saturated rings. The zero-order valence-electron chi connectivity index (χ0n) is 10.3. The van der Waals surface area contributed by atoms with E-state index in [-0.39, 0.29) is 12.1 Å². The standard InChI is InChI=1S/C12H25NO2/c1-4-10(3)8-13(5-2)11-9-15-7-6-12(11)14/h10-12,14H,4-9H2,1-3H3. The Morgan fingerprint density at radius 1 is 1.47 bits per heavy atom. The third-order valence-corrected chi connectivity index (χ3v) is 3.41. The van der Waals surface area contributed by atoms with Crippen LogP contribution < -0.4 is 0 Å². The Kier molecular flexibility index (Phi) is 5.58. The smallest absolute Gasteiger partial charge is 0.0739 e. The lowest BCUT2D eigenvalue weighted by Crippen LogP contribution is -2.50. The molecule has 1 saturated heterocycles. The van der Waals surface area contributed by atoms with Crippen molar-refractivity contribution in [2.24, 2.45) is 5.92 Å². The first-order valence-electron chi connectivity index (χ1n) is 6.18. The lowest BCUT2D eigenvalue weighted by atomic mass is 10.0. The molecular weight excluding hydrogens is 190 g/mol. The van der Waals surface area contributed by atoms with Gasteiger partial charge in [-0.1, -0.05) is 27.2 Å². The number of ether oxygens (including phenoxy) is 1. The van der Waals surface area contributed by atoms with Crippen LogP contribution in [0.5, 0.6) is 0 Å². The summed E-state index contributed by atoms with van der Waals surface area (Å²) in [6.07, 6.45) is 1.77. The second kappa shape index (κ2) is 6.46. The van der Waals surface area contributed by atoms with Crippen LogP contribution in [0.25, 0.3) is 0 Å². The summed E-state index contributed by atoms with van der Waals surface area (Å²) in [4.78, 5) is 2.36. The number of hydrogen-bond donors (Lipinski definition) is 1. The summed E-state index contributed by atoms with van der Waals surface area (Å²) < 4.78 is 5.45. The van der Waals surface area contributed by atoms with Gasteiger partial charge >= 0.3 is 0 Å². The molecule has 0 bridgehead atoms. The number of aliphatic hydroxyl groups is 1. The van der Waals surface area contributed by atoms with E-state index in [0.29, 0.717) is 19.1 Å². The number of hydrogen-bond acceptors (Lipinski definition) is 3. The highest BCUT2D eigenvalue weighted by molar-refractivity contribution is 4.82. The van der Waals surface area contributed by atoms with Crippen molar-refractivity contribution >= 4 is 0 Å². The fourth-order valence-electron chi connectivity index (χ4n) is 2.09. The fourth-order valence-corrected chi connectivity index (χ4v) is 2.09. The van der Waals surface area contributed by atoms with Gasteiger partial charge in [0.1, 0.15) is 0 Å². The average molecular weight is 215 g/mol. The first-order chi connectivity index (χ1) is 7.19. The Morgan fingerprint density at radius 2 is 2.20 bits per heavy atom. The zero-order chi connectivity index (χ0) is 11.3. The Hall–Kier alpha value is -0.120. The molecule has 0 aromatic heterocycles. The molecule has 1 aliphatic rings. The second-order valence-corrected chi connectivity index (χ2v) is 4.60. The molecule has 0 amide bonds. The van der Waals surface area contributed by atoms with Crippen molar-refractivity contribution in [1.29, 1.82) is 0 Å². The van der Waals surface area contributed by atoms with Gasteiger partial charge in [-0.2, -0.15) is 0 Å². The van der Waals surface area contributed by atoms with Gasteiger partial charge < -0.3 is 9.84 Å². The molecule has 15 heavy (non-hydrogen) atoms. The summed E-state index contributed by atoms with van der Waals surface area (Å²) in [6, 6.07) is 0.206. The van der Waals surface area contributed by atoms with Crippen molar-refractivity contribution in [2.75, 3.05) is 26.3 Å². The molecule has 1 aliphatic heterocycles. The third-order valence-electron chi connectivity index (χ3n) is 3.41. The van der Waals surface area contributed by atoms with E-state index in [1.807, 2.05) is 0 Å².